The highest BCUT2D eigenvalue weighted by molar-refractivity contribution is 5.22. The molecule has 100 valence electrons. The van der Waals surface area contributed by atoms with E-state index in [0.29, 0.717) is 5.92 Å². The van der Waals surface area contributed by atoms with E-state index in [2.05, 4.69) is 63.1 Å². The van der Waals surface area contributed by atoms with E-state index in [9.17, 15) is 0 Å². The average molecular weight is 247 g/mol. The van der Waals surface area contributed by atoms with Crippen LogP contribution in [0.2, 0.25) is 0 Å². The number of hydrogen-bond donors (Lipinski definition) is 0. The van der Waals surface area contributed by atoms with Crippen LogP contribution in [0.4, 0.5) is 0 Å². The van der Waals surface area contributed by atoms with Gasteiger partial charge in [-0.2, -0.15) is 0 Å². The van der Waals surface area contributed by atoms with E-state index in [1.165, 1.54) is 5.56 Å². The van der Waals surface area contributed by atoms with Crippen molar-refractivity contribution in [2.24, 2.45) is 5.92 Å². The largest absolute Gasteiger partial charge is 0.352 e. The van der Waals surface area contributed by atoms with Crippen LogP contribution in [0.5, 0.6) is 0 Å². The first-order valence-corrected chi connectivity index (χ1v) is 6.95. The minimum absolute atomic E-state index is 0.132. The maximum atomic E-state index is 6.41. The number of nitrogens with zero attached hydrogens (tertiary/aromatic N) is 1. The summed E-state index contributed by atoms with van der Waals surface area (Å²) < 4.78 is 6.41. The maximum Gasteiger partial charge on any atom is 0.111 e. The molecule has 0 radical (unpaired) electrons. The van der Waals surface area contributed by atoms with Crippen LogP contribution in [-0.4, -0.2) is 24.7 Å². The van der Waals surface area contributed by atoms with Crippen molar-refractivity contribution >= 4 is 0 Å². The third-order valence-electron chi connectivity index (χ3n) is 3.89. The van der Waals surface area contributed by atoms with Gasteiger partial charge in [0.1, 0.15) is 6.23 Å². The molecule has 0 spiro atoms. The molecule has 1 fully saturated rings. The normalized spacial score (nSPS) is 29.7. The molecule has 1 aliphatic rings. The van der Waals surface area contributed by atoms with Crippen molar-refractivity contribution in [2.45, 2.75) is 45.4 Å². The third kappa shape index (κ3) is 2.93. The van der Waals surface area contributed by atoms with E-state index in [4.69, 9.17) is 4.74 Å². The summed E-state index contributed by atoms with van der Waals surface area (Å²) in [5.41, 5.74) is 1.17. The Balaban J connectivity index is 2.15. The predicted octanol–water partition coefficient (Wildman–Crippen LogP) is 3.63. The first-order valence-electron chi connectivity index (χ1n) is 6.95. The van der Waals surface area contributed by atoms with Gasteiger partial charge in [0.15, 0.2) is 0 Å². The highest BCUT2D eigenvalue weighted by atomic mass is 16.5. The van der Waals surface area contributed by atoms with Crippen LogP contribution in [-0.2, 0) is 10.3 Å². The van der Waals surface area contributed by atoms with E-state index < -0.39 is 0 Å². The summed E-state index contributed by atoms with van der Waals surface area (Å²) in [6.07, 6.45) is 2.39. The van der Waals surface area contributed by atoms with E-state index in [0.717, 1.165) is 19.4 Å². The van der Waals surface area contributed by atoms with Crippen molar-refractivity contribution < 1.29 is 4.74 Å². The summed E-state index contributed by atoms with van der Waals surface area (Å²) in [6.45, 7) is 7.84. The fraction of sp³-hybridized carbons (Fsp3) is 0.625. The number of benzene rings is 1. The Kier molecular flexibility index (Phi) is 4.08. The van der Waals surface area contributed by atoms with Gasteiger partial charge in [0, 0.05) is 6.54 Å². The lowest BCUT2D eigenvalue weighted by Gasteiger charge is -2.44. The van der Waals surface area contributed by atoms with Crippen molar-refractivity contribution in [1.29, 1.82) is 0 Å². The molecule has 1 heterocycles. The zero-order chi connectivity index (χ0) is 13.2. The second-order valence-electron chi connectivity index (χ2n) is 6.03. The van der Waals surface area contributed by atoms with E-state index >= 15 is 0 Å². The zero-order valence-corrected chi connectivity index (χ0v) is 12.0. The van der Waals surface area contributed by atoms with Crippen molar-refractivity contribution in [3.63, 3.8) is 0 Å². The third-order valence-corrected chi connectivity index (χ3v) is 3.89. The molecule has 0 saturated carbocycles. The second kappa shape index (κ2) is 5.41. The van der Waals surface area contributed by atoms with Crippen molar-refractivity contribution in [3.8, 4) is 0 Å². The lowest BCUT2D eigenvalue weighted by Crippen LogP contribution is -2.48. The van der Waals surface area contributed by atoms with Gasteiger partial charge in [-0.05, 0) is 38.3 Å². The quantitative estimate of drug-likeness (QED) is 0.809. The van der Waals surface area contributed by atoms with Gasteiger partial charge in [0.05, 0.1) is 5.60 Å². The van der Waals surface area contributed by atoms with Crippen LogP contribution < -0.4 is 0 Å². The molecule has 2 heteroatoms. The van der Waals surface area contributed by atoms with Crippen molar-refractivity contribution in [1.82, 2.24) is 4.90 Å². The van der Waals surface area contributed by atoms with Gasteiger partial charge in [0.2, 0.25) is 0 Å². The van der Waals surface area contributed by atoms with Gasteiger partial charge in [-0.15, -0.1) is 0 Å². The van der Waals surface area contributed by atoms with E-state index in [1.807, 2.05) is 0 Å². The minimum Gasteiger partial charge on any atom is -0.352 e. The lowest BCUT2D eigenvalue weighted by atomic mass is 9.90. The standard InChI is InChI=1S/C16H25NO/c1-13(2)12-15-17(4)11-10-16(3,18-15)14-8-6-5-7-9-14/h5-9,13,15H,10-12H2,1-4H3. The lowest BCUT2D eigenvalue weighted by molar-refractivity contribution is -0.192. The summed E-state index contributed by atoms with van der Waals surface area (Å²) in [6, 6.07) is 10.6. The summed E-state index contributed by atoms with van der Waals surface area (Å²) in [7, 11) is 2.16. The average Bonchev–Trinajstić information content (AvgIpc) is 2.35. The Labute approximate surface area is 111 Å². The number of ether oxygens (including phenoxy) is 1. The van der Waals surface area contributed by atoms with E-state index in [1.54, 1.807) is 0 Å². The predicted molar refractivity (Wildman–Crippen MR) is 75.4 cm³/mol. The highest BCUT2D eigenvalue weighted by Crippen LogP contribution is 2.36. The molecule has 0 bridgehead atoms. The van der Waals surface area contributed by atoms with Crippen LogP contribution in [0.25, 0.3) is 0 Å². The summed E-state index contributed by atoms with van der Waals surface area (Å²) in [5.74, 6) is 0.663. The maximum absolute atomic E-state index is 6.41. The van der Waals surface area contributed by atoms with Crippen LogP contribution in [0.15, 0.2) is 30.3 Å². The van der Waals surface area contributed by atoms with Crippen LogP contribution in [0.1, 0.15) is 39.2 Å². The zero-order valence-electron chi connectivity index (χ0n) is 12.0. The topological polar surface area (TPSA) is 12.5 Å². The molecule has 2 nitrogen and oxygen atoms in total. The van der Waals surface area contributed by atoms with Gasteiger partial charge in [-0.25, -0.2) is 0 Å². The molecule has 0 aromatic heterocycles. The Morgan fingerprint density at radius 1 is 1.33 bits per heavy atom. The number of hydrogen-bond acceptors (Lipinski definition) is 2. The van der Waals surface area contributed by atoms with Gasteiger partial charge >= 0.3 is 0 Å². The second-order valence-corrected chi connectivity index (χ2v) is 6.03. The van der Waals surface area contributed by atoms with Gasteiger partial charge in [-0.1, -0.05) is 44.2 Å². The molecule has 2 rings (SSSR count). The molecular weight excluding hydrogens is 222 g/mol. The molecule has 18 heavy (non-hydrogen) atoms. The molecule has 0 amide bonds. The van der Waals surface area contributed by atoms with Crippen LogP contribution >= 0.6 is 0 Å². The van der Waals surface area contributed by atoms with Crippen molar-refractivity contribution in [2.75, 3.05) is 13.6 Å². The molecular formula is C16H25NO. The SMILES string of the molecule is CC(C)CC1OC(C)(c2ccccc2)CCN1C. The molecule has 0 N–H and O–H groups in total. The Morgan fingerprint density at radius 2 is 2.00 bits per heavy atom. The van der Waals surface area contributed by atoms with Gasteiger partial charge in [0.25, 0.3) is 0 Å². The molecule has 1 saturated heterocycles. The molecule has 2 unspecified atom stereocenters. The van der Waals surface area contributed by atoms with Gasteiger partial charge in [-0.3, -0.25) is 4.90 Å². The summed E-state index contributed by atoms with van der Waals surface area (Å²) in [4.78, 5) is 2.34. The number of rotatable bonds is 3. The van der Waals surface area contributed by atoms with Crippen molar-refractivity contribution in [3.05, 3.63) is 35.9 Å². The Morgan fingerprint density at radius 3 is 2.61 bits per heavy atom. The molecule has 1 aliphatic heterocycles. The summed E-state index contributed by atoms with van der Waals surface area (Å²) in [5, 5.41) is 0. The molecule has 0 aliphatic carbocycles. The minimum atomic E-state index is -0.132. The molecule has 1 aromatic rings. The fourth-order valence-corrected chi connectivity index (χ4v) is 2.62. The first-order chi connectivity index (χ1) is 8.51. The van der Waals surface area contributed by atoms with E-state index in [-0.39, 0.29) is 11.8 Å². The van der Waals surface area contributed by atoms with Crippen LogP contribution in [0, 0.1) is 5.92 Å². The monoisotopic (exact) mass is 247 g/mol. The Bertz CT molecular complexity index is 376. The first kappa shape index (κ1) is 13.6. The summed E-state index contributed by atoms with van der Waals surface area (Å²) >= 11 is 0. The highest BCUT2D eigenvalue weighted by Gasteiger charge is 2.37. The van der Waals surface area contributed by atoms with Gasteiger partial charge < -0.3 is 4.74 Å². The Hall–Kier alpha value is -0.860. The fourth-order valence-electron chi connectivity index (χ4n) is 2.62. The smallest absolute Gasteiger partial charge is 0.111 e. The molecule has 2 atom stereocenters. The van der Waals surface area contributed by atoms with Crippen LogP contribution in [0.3, 0.4) is 0 Å². The molecule has 1 aromatic carbocycles.